The molecule has 2 heterocycles. The number of nitrogens with zero attached hydrogens (tertiary/aromatic N) is 1. The fraction of sp³-hybridized carbons (Fsp3) is 0.308. The van der Waals surface area contributed by atoms with Crippen LogP contribution in [0.4, 0.5) is 4.39 Å². The molecule has 2 nitrogen and oxygen atoms in total. The zero-order valence-corrected chi connectivity index (χ0v) is 10.2. The van der Waals surface area contributed by atoms with E-state index in [2.05, 4.69) is 10.3 Å². The average molecular weight is 248 g/mol. The smallest absolute Gasteiger partial charge is 0.123 e. The number of fused-ring (bicyclic) bond motifs is 1. The summed E-state index contributed by atoms with van der Waals surface area (Å²) in [7, 11) is 0. The fourth-order valence-corrected chi connectivity index (χ4v) is 3.15. The van der Waals surface area contributed by atoms with Gasteiger partial charge in [-0.2, -0.15) is 0 Å². The van der Waals surface area contributed by atoms with Crippen LogP contribution in [0.3, 0.4) is 0 Å². The monoisotopic (exact) mass is 248 g/mol. The topological polar surface area (TPSA) is 24.9 Å². The molecule has 0 unspecified atom stereocenters. The molecule has 0 bridgehead atoms. The molecule has 4 heteroatoms. The van der Waals surface area contributed by atoms with Crippen LogP contribution in [-0.2, 0) is 19.4 Å². The van der Waals surface area contributed by atoms with E-state index in [1.807, 2.05) is 12.1 Å². The van der Waals surface area contributed by atoms with Crippen molar-refractivity contribution in [2.75, 3.05) is 6.54 Å². The van der Waals surface area contributed by atoms with E-state index in [1.54, 1.807) is 11.3 Å². The second-order valence-electron chi connectivity index (χ2n) is 4.21. The van der Waals surface area contributed by atoms with Crippen molar-refractivity contribution in [2.45, 2.75) is 19.4 Å². The van der Waals surface area contributed by atoms with Crippen molar-refractivity contribution in [3.05, 3.63) is 51.2 Å². The molecule has 2 aromatic rings. The van der Waals surface area contributed by atoms with Crippen molar-refractivity contribution >= 4 is 11.3 Å². The summed E-state index contributed by atoms with van der Waals surface area (Å²) in [6.45, 7) is 1.96. The molecule has 0 aliphatic carbocycles. The van der Waals surface area contributed by atoms with Crippen LogP contribution in [0, 0.1) is 5.82 Å². The van der Waals surface area contributed by atoms with E-state index in [-0.39, 0.29) is 5.82 Å². The van der Waals surface area contributed by atoms with Gasteiger partial charge in [0.05, 0.1) is 10.7 Å². The van der Waals surface area contributed by atoms with Crippen LogP contribution in [0.5, 0.6) is 0 Å². The third kappa shape index (κ3) is 2.37. The van der Waals surface area contributed by atoms with E-state index in [4.69, 9.17) is 0 Å². The SMILES string of the molecule is Fc1ccc(Cc2nc3c(s2)CNCC3)cc1. The molecule has 1 aromatic heterocycles. The highest BCUT2D eigenvalue weighted by Crippen LogP contribution is 2.23. The van der Waals surface area contributed by atoms with Crippen molar-refractivity contribution in [3.63, 3.8) is 0 Å². The van der Waals surface area contributed by atoms with Crippen LogP contribution in [0.15, 0.2) is 24.3 Å². The summed E-state index contributed by atoms with van der Waals surface area (Å²) in [6, 6.07) is 6.66. The largest absolute Gasteiger partial charge is 0.311 e. The summed E-state index contributed by atoms with van der Waals surface area (Å²) in [5.74, 6) is -0.184. The number of hydrogen-bond acceptors (Lipinski definition) is 3. The Morgan fingerprint density at radius 1 is 1.29 bits per heavy atom. The Labute approximate surface area is 104 Å². The summed E-state index contributed by atoms with van der Waals surface area (Å²) in [6.07, 6.45) is 1.83. The first-order chi connectivity index (χ1) is 8.31. The maximum Gasteiger partial charge on any atom is 0.123 e. The van der Waals surface area contributed by atoms with Gasteiger partial charge in [-0.1, -0.05) is 12.1 Å². The Balaban J connectivity index is 1.80. The minimum Gasteiger partial charge on any atom is -0.311 e. The van der Waals surface area contributed by atoms with Gasteiger partial charge in [-0.25, -0.2) is 9.37 Å². The molecule has 0 fully saturated rings. The molecule has 0 atom stereocenters. The molecule has 0 amide bonds. The summed E-state index contributed by atoms with van der Waals surface area (Å²) < 4.78 is 12.8. The van der Waals surface area contributed by atoms with Gasteiger partial charge in [0.15, 0.2) is 0 Å². The molecule has 17 heavy (non-hydrogen) atoms. The van der Waals surface area contributed by atoms with Gasteiger partial charge in [-0.15, -0.1) is 11.3 Å². The number of rotatable bonds is 2. The predicted molar refractivity (Wildman–Crippen MR) is 66.7 cm³/mol. The molecule has 1 aliphatic heterocycles. The highest BCUT2D eigenvalue weighted by molar-refractivity contribution is 7.11. The van der Waals surface area contributed by atoms with Gasteiger partial charge in [-0.05, 0) is 17.7 Å². The van der Waals surface area contributed by atoms with Crippen LogP contribution in [0.2, 0.25) is 0 Å². The third-order valence-electron chi connectivity index (χ3n) is 2.92. The number of nitrogens with one attached hydrogen (secondary N) is 1. The van der Waals surface area contributed by atoms with Gasteiger partial charge in [0.25, 0.3) is 0 Å². The summed E-state index contributed by atoms with van der Waals surface area (Å²) >= 11 is 1.77. The molecule has 0 saturated heterocycles. The van der Waals surface area contributed by atoms with Gasteiger partial charge < -0.3 is 5.32 Å². The van der Waals surface area contributed by atoms with Gasteiger partial charge in [0.2, 0.25) is 0 Å². The van der Waals surface area contributed by atoms with Crippen molar-refractivity contribution in [3.8, 4) is 0 Å². The lowest BCUT2D eigenvalue weighted by molar-refractivity contribution is 0.627. The highest BCUT2D eigenvalue weighted by Gasteiger charge is 2.14. The lowest BCUT2D eigenvalue weighted by Gasteiger charge is -2.09. The molecule has 1 aromatic carbocycles. The van der Waals surface area contributed by atoms with Crippen molar-refractivity contribution < 1.29 is 4.39 Å². The molecule has 88 valence electrons. The van der Waals surface area contributed by atoms with E-state index in [0.717, 1.165) is 36.5 Å². The molecule has 1 aliphatic rings. The normalized spacial score (nSPS) is 14.6. The third-order valence-corrected chi connectivity index (χ3v) is 4.01. The number of thiazole rings is 1. The lowest BCUT2D eigenvalue weighted by atomic mass is 10.1. The molecule has 0 saturated carbocycles. The molecule has 0 radical (unpaired) electrons. The number of hydrogen-bond donors (Lipinski definition) is 1. The second-order valence-corrected chi connectivity index (χ2v) is 5.38. The van der Waals surface area contributed by atoms with E-state index in [0.29, 0.717) is 0 Å². The summed E-state index contributed by atoms with van der Waals surface area (Å²) in [5.41, 5.74) is 2.36. The van der Waals surface area contributed by atoms with E-state index >= 15 is 0 Å². The maximum atomic E-state index is 12.8. The first-order valence-electron chi connectivity index (χ1n) is 5.74. The molecule has 3 rings (SSSR count). The minimum atomic E-state index is -0.184. The predicted octanol–water partition coefficient (Wildman–Crippen LogP) is 2.52. The van der Waals surface area contributed by atoms with Crippen molar-refractivity contribution in [1.29, 1.82) is 0 Å². The Hall–Kier alpha value is -1.26. The van der Waals surface area contributed by atoms with E-state index in [1.165, 1.54) is 22.7 Å². The summed E-state index contributed by atoms with van der Waals surface area (Å²) in [5, 5.41) is 4.48. The standard InChI is InChI=1S/C13H13FN2S/c14-10-3-1-9(2-4-10)7-13-16-11-5-6-15-8-12(11)17-13/h1-4,15H,5-8H2. The molecule has 1 N–H and O–H groups in total. The fourth-order valence-electron chi connectivity index (χ4n) is 2.03. The second kappa shape index (κ2) is 4.55. The first kappa shape index (κ1) is 10.9. The van der Waals surface area contributed by atoms with Gasteiger partial charge in [0.1, 0.15) is 5.82 Å². The van der Waals surface area contributed by atoms with Crippen molar-refractivity contribution in [2.24, 2.45) is 0 Å². The number of benzene rings is 1. The van der Waals surface area contributed by atoms with Crippen LogP contribution in [0.25, 0.3) is 0 Å². The number of aromatic nitrogens is 1. The number of halogens is 1. The van der Waals surface area contributed by atoms with Gasteiger partial charge in [0, 0.05) is 30.8 Å². The van der Waals surface area contributed by atoms with Crippen LogP contribution in [0.1, 0.15) is 21.1 Å². The molecule has 0 spiro atoms. The average Bonchev–Trinajstić information content (AvgIpc) is 2.74. The zero-order chi connectivity index (χ0) is 11.7. The van der Waals surface area contributed by atoms with Crippen LogP contribution < -0.4 is 5.32 Å². The zero-order valence-electron chi connectivity index (χ0n) is 9.37. The van der Waals surface area contributed by atoms with Crippen LogP contribution in [-0.4, -0.2) is 11.5 Å². The minimum absolute atomic E-state index is 0.184. The Morgan fingerprint density at radius 2 is 2.12 bits per heavy atom. The van der Waals surface area contributed by atoms with E-state index in [9.17, 15) is 4.39 Å². The Morgan fingerprint density at radius 3 is 2.88 bits per heavy atom. The van der Waals surface area contributed by atoms with E-state index < -0.39 is 0 Å². The lowest BCUT2D eigenvalue weighted by Crippen LogP contribution is -2.22. The van der Waals surface area contributed by atoms with Crippen LogP contribution >= 0.6 is 11.3 Å². The first-order valence-corrected chi connectivity index (χ1v) is 6.55. The van der Waals surface area contributed by atoms with Crippen molar-refractivity contribution in [1.82, 2.24) is 10.3 Å². The molecular weight excluding hydrogens is 235 g/mol. The quantitative estimate of drug-likeness (QED) is 0.883. The highest BCUT2D eigenvalue weighted by atomic mass is 32.1. The van der Waals surface area contributed by atoms with Gasteiger partial charge in [-0.3, -0.25) is 0 Å². The maximum absolute atomic E-state index is 12.8. The summed E-state index contributed by atoms with van der Waals surface area (Å²) in [4.78, 5) is 6.01. The molecular formula is C13H13FN2S. The Kier molecular flexibility index (Phi) is 2.91. The van der Waals surface area contributed by atoms with Gasteiger partial charge >= 0.3 is 0 Å². The Bertz CT molecular complexity index is 495.